The van der Waals surface area contributed by atoms with E-state index in [9.17, 15) is 8.42 Å². The van der Waals surface area contributed by atoms with E-state index in [1.807, 2.05) is 20.0 Å². The Morgan fingerprint density at radius 3 is 2.41 bits per heavy atom. The van der Waals surface area contributed by atoms with E-state index in [2.05, 4.69) is 30.8 Å². The van der Waals surface area contributed by atoms with Gasteiger partial charge in [0.05, 0.1) is 15.9 Å². The Hall–Kier alpha value is -1.19. The summed E-state index contributed by atoms with van der Waals surface area (Å²) in [5, 5.41) is 8.47. The summed E-state index contributed by atoms with van der Waals surface area (Å²) in [5.41, 5.74) is 1.43. The van der Waals surface area contributed by atoms with E-state index >= 15 is 0 Å². The molecule has 22 heavy (non-hydrogen) atoms. The average molecular weight is 390 g/mol. The van der Waals surface area contributed by atoms with Gasteiger partial charge in [-0.2, -0.15) is 10.2 Å². The zero-order chi connectivity index (χ0) is 16.3. The molecule has 2 aromatic rings. The van der Waals surface area contributed by atoms with Gasteiger partial charge in [0.2, 0.25) is 10.0 Å². The van der Waals surface area contributed by atoms with Crippen LogP contribution >= 0.6 is 15.9 Å². The summed E-state index contributed by atoms with van der Waals surface area (Å²) < 4.78 is 31.5. The molecule has 0 bridgehead atoms. The second kappa shape index (κ2) is 6.93. The van der Waals surface area contributed by atoms with Gasteiger partial charge in [-0.1, -0.05) is 0 Å². The molecular formula is C13H20BrN5O2S. The number of hydrogen-bond acceptors (Lipinski definition) is 4. The van der Waals surface area contributed by atoms with Crippen molar-refractivity contribution in [3.63, 3.8) is 0 Å². The summed E-state index contributed by atoms with van der Waals surface area (Å²) >= 11 is 3.40. The van der Waals surface area contributed by atoms with Crippen molar-refractivity contribution in [1.29, 1.82) is 0 Å². The molecule has 2 aromatic heterocycles. The van der Waals surface area contributed by atoms with Gasteiger partial charge < -0.3 is 0 Å². The molecule has 9 heteroatoms. The fraction of sp³-hybridized carbons (Fsp3) is 0.538. The summed E-state index contributed by atoms with van der Waals surface area (Å²) in [6.45, 7) is 7.18. The molecule has 0 fully saturated rings. The summed E-state index contributed by atoms with van der Waals surface area (Å²) in [6, 6.07) is 0. The average Bonchev–Trinajstić information content (AvgIpc) is 2.99. The van der Waals surface area contributed by atoms with Crippen molar-refractivity contribution in [3.8, 4) is 0 Å². The summed E-state index contributed by atoms with van der Waals surface area (Å²) in [5.74, 6) is 0. The number of sulfonamides is 1. The number of nitrogens with one attached hydrogen (secondary N) is 1. The predicted octanol–water partition coefficient (Wildman–Crippen LogP) is 1.85. The fourth-order valence-electron chi connectivity index (χ4n) is 2.06. The van der Waals surface area contributed by atoms with Gasteiger partial charge >= 0.3 is 0 Å². The van der Waals surface area contributed by atoms with Crippen molar-refractivity contribution in [2.75, 3.05) is 6.54 Å². The zero-order valence-corrected chi connectivity index (χ0v) is 15.3. The molecule has 0 aliphatic carbocycles. The van der Waals surface area contributed by atoms with Crippen molar-refractivity contribution in [3.05, 3.63) is 28.3 Å². The molecule has 0 saturated carbocycles. The van der Waals surface area contributed by atoms with E-state index in [1.165, 1.54) is 0 Å². The summed E-state index contributed by atoms with van der Waals surface area (Å²) in [6.07, 6.45) is 4.11. The van der Waals surface area contributed by atoms with Crippen molar-refractivity contribution >= 4 is 26.0 Å². The third kappa shape index (κ3) is 3.96. The molecular weight excluding hydrogens is 370 g/mol. The van der Waals surface area contributed by atoms with Gasteiger partial charge in [0, 0.05) is 32.0 Å². The largest absolute Gasteiger partial charge is 0.271 e. The number of hydrogen-bond donors (Lipinski definition) is 1. The van der Waals surface area contributed by atoms with E-state index in [1.54, 1.807) is 22.5 Å². The van der Waals surface area contributed by atoms with Crippen LogP contribution in [0.2, 0.25) is 0 Å². The monoisotopic (exact) mass is 389 g/mol. The molecule has 0 radical (unpaired) electrons. The lowest BCUT2D eigenvalue weighted by molar-refractivity contribution is 0.550. The number of rotatable bonds is 7. The van der Waals surface area contributed by atoms with Crippen LogP contribution in [0, 0.1) is 13.8 Å². The second-order valence-electron chi connectivity index (χ2n) is 5.01. The molecule has 0 aliphatic heterocycles. The quantitative estimate of drug-likeness (QED) is 0.732. The van der Waals surface area contributed by atoms with Crippen LogP contribution in [0.3, 0.4) is 0 Å². The first-order valence-electron chi connectivity index (χ1n) is 7.06. The lowest BCUT2D eigenvalue weighted by atomic mass is 10.4. The minimum absolute atomic E-state index is 0.243. The van der Waals surface area contributed by atoms with Crippen molar-refractivity contribution in [2.45, 2.75) is 45.2 Å². The number of halogens is 1. The molecule has 0 aliphatic rings. The molecule has 2 rings (SSSR count). The second-order valence-corrected chi connectivity index (χ2v) is 7.60. The molecule has 0 unspecified atom stereocenters. The first-order valence-corrected chi connectivity index (χ1v) is 9.34. The highest BCUT2D eigenvalue weighted by Crippen LogP contribution is 2.14. The van der Waals surface area contributed by atoms with Gasteiger partial charge in [0.25, 0.3) is 0 Å². The molecule has 0 atom stereocenters. The Bertz CT molecular complexity index is 731. The zero-order valence-electron chi connectivity index (χ0n) is 12.9. The van der Waals surface area contributed by atoms with Crippen LogP contribution in [0.25, 0.3) is 0 Å². The van der Waals surface area contributed by atoms with E-state index in [-0.39, 0.29) is 4.90 Å². The van der Waals surface area contributed by atoms with Gasteiger partial charge in [-0.05, 0) is 43.1 Å². The molecule has 0 saturated heterocycles. The maximum Gasteiger partial charge on any atom is 0.243 e. The SMILES string of the molecule is CCn1cc(S(=O)(=O)NCCCn2cc(Br)c(C)n2)c(C)n1. The summed E-state index contributed by atoms with van der Waals surface area (Å²) in [4.78, 5) is 0.243. The minimum atomic E-state index is -3.51. The van der Waals surface area contributed by atoms with Crippen LogP contribution in [-0.4, -0.2) is 34.5 Å². The Morgan fingerprint density at radius 1 is 1.18 bits per heavy atom. The van der Waals surface area contributed by atoms with Crippen molar-refractivity contribution in [2.24, 2.45) is 0 Å². The van der Waals surface area contributed by atoms with Crippen LogP contribution in [0.4, 0.5) is 0 Å². The maximum atomic E-state index is 12.3. The third-order valence-electron chi connectivity index (χ3n) is 3.26. The lowest BCUT2D eigenvalue weighted by Gasteiger charge is -2.05. The standard InChI is InChI=1S/C13H20BrN5O2S/c1-4-18-9-13(11(3)17-18)22(20,21)15-6-5-7-19-8-12(14)10(2)16-19/h8-9,15H,4-7H2,1-3H3. The molecule has 0 aromatic carbocycles. The Labute approximate surface area is 138 Å². The van der Waals surface area contributed by atoms with Crippen LogP contribution in [-0.2, 0) is 23.1 Å². The smallest absolute Gasteiger partial charge is 0.243 e. The molecule has 0 amide bonds. The Morgan fingerprint density at radius 2 is 1.86 bits per heavy atom. The highest BCUT2D eigenvalue weighted by Gasteiger charge is 2.19. The van der Waals surface area contributed by atoms with E-state index < -0.39 is 10.0 Å². The van der Waals surface area contributed by atoms with Crippen LogP contribution in [0.15, 0.2) is 21.8 Å². The van der Waals surface area contributed by atoms with Crippen LogP contribution < -0.4 is 4.72 Å². The number of aromatic nitrogens is 4. The predicted molar refractivity (Wildman–Crippen MR) is 87.1 cm³/mol. The van der Waals surface area contributed by atoms with Gasteiger partial charge in [-0.15, -0.1) is 0 Å². The number of nitrogens with zero attached hydrogens (tertiary/aromatic N) is 4. The first kappa shape index (κ1) is 17.2. The van der Waals surface area contributed by atoms with Crippen molar-refractivity contribution < 1.29 is 8.42 Å². The van der Waals surface area contributed by atoms with E-state index in [4.69, 9.17) is 0 Å². The van der Waals surface area contributed by atoms with Crippen LogP contribution in [0.5, 0.6) is 0 Å². The van der Waals surface area contributed by atoms with Crippen molar-refractivity contribution in [1.82, 2.24) is 24.3 Å². The topological polar surface area (TPSA) is 81.8 Å². The molecule has 122 valence electrons. The third-order valence-corrected chi connectivity index (χ3v) is 5.60. The number of aryl methyl sites for hydroxylation is 4. The highest BCUT2D eigenvalue weighted by molar-refractivity contribution is 9.10. The first-order chi connectivity index (χ1) is 10.3. The Balaban J connectivity index is 1.91. The molecule has 1 N–H and O–H groups in total. The maximum absolute atomic E-state index is 12.3. The van der Waals surface area contributed by atoms with Gasteiger partial charge in [-0.3, -0.25) is 9.36 Å². The van der Waals surface area contributed by atoms with E-state index in [0.717, 1.165) is 10.2 Å². The minimum Gasteiger partial charge on any atom is -0.271 e. The highest BCUT2D eigenvalue weighted by atomic mass is 79.9. The molecule has 2 heterocycles. The molecule has 7 nitrogen and oxygen atoms in total. The van der Waals surface area contributed by atoms with Gasteiger partial charge in [0.15, 0.2) is 0 Å². The molecule has 0 spiro atoms. The van der Waals surface area contributed by atoms with Gasteiger partial charge in [0.1, 0.15) is 4.90 Å². The fourth-order valence-corrected chi connectivity index (χ4v) is 3.63. The van der Waals surface area contributed by atoms with Gasteiger partial charge in [-0.25, -0.2) is 13.1 Å². The lowest BCUT2D eigenvalue weighted by Crippen LogP contribution is -2.26. The normalized spacial score (nSPS) is 12.0. The van der Waals surface area contributed by atoms with E-state index in [0.29, 0.717) is 31.7 Å². The summed E-state index contributed by atoms with van der Waals surface area (Å²) in [7, 11) is -3.51. The van der Waals surface area contributed by atoms with Crippen LogP contribution in [0.1, 0.15) is 24.7 Å². The Kier molecular flexibility index (Phi) is 5.41.